The van der Waals surface area contributed by atoms with Crippen LogP contribution in [0.3, 0.4) is 0 Å². The van der Waals surface area contributed by atoms with E-state index in [2.05, 4.69) is 31.9 Å². The van der Waals surface area contributed by atoms with Crippen LogP contribution in [-0.4, -0.2) is 11.9 Å². The van der Waals surface area contributed by atoms with E-state index in [0.717, 1.165) is 8.95 Å². The molecule has 0 aliphatic rings. The van der Waals surface area contributed by atoms with Crippen LogP contribution in [0.2, 0.25) is 0 Å². The predicted molar refractivity (Wildman–Crippen MR) is 105 cm³/mol. The first kappa shape index (κ1) is 18.4. The fraction of sp³-hybridized carbons (Fsp3) is 0. The molecule has 26 heavy (non-hydrogen) atoms. The third-order valence-electron chi connectivity index (χ3n) is 3.38. The number of carbonyl (C=O) groups excluding carboxylic acids is 2. The fourth-order valence-corrected chi connectivity index (χ4v) is 2.64. The standard InChI is InChI=1S/C20H12Br2O4/c21-15-4-8-17(9-5-15)25-19(23)13-2-1-3-14(12-13)20(24)26-18-10-6-16(22)7-11-18/h1-12H. The van der Waals surface area contributed by atoms with Crippen molar-refractivity contribution in [2.24, 2.45) is 0 Å². The van der Waals surface area contributed by atoms with Crippen molar-refractivity contribution in [1.82, 2.24) is 0 Å². The average molecular weight is 476 g/mol. The molecule has 0 fully saturated rings. The lowest BCUT2D eigenvalue weighted by atomic mass is 10.1. The Bertz CT molecular complexity index is 860. The van der Waals surface area contributed by atoms with Gasteiger partial charge in [0.15, 0.2) is 0 Å². The van der Waals surface area contributed by atoms with Gasteiger partial charge in [0.2, 0.25) is 0 Å². The molecule has 3 aromatic rings. The predicted octanol–water partition coefficient (Wildman–Crippen LogP) is 5.65. The molecule has 0 unspecified atom stereocenters. The van der Waals surface area contributed by atoms with Crippen LogP contribution in [0.25, 0.3) is 0 Å². The molecule has 3 rings (SSSR count). The van der Waals surface area contributed by atoms with Gasteiger partial charge in [-0.05, 0) is 66.7 Å². The van der Waals surface area contributed by atoms with Crippen LogP contribution in [0.15, 0.2) is 81.7 Å². The molecule has 0 N–H and O–H groups in total. The summed E-state index contributed by atoms with van der Waals surface area (Å²) in [6, 6.07) is 20.0. The molecule has 0 bridgehead atoms. The minimum atomic E-state index is -0.550. The zero-order chi connectivity index (χ0) is 18.5. The lowest BCUT2D eigenvalue weighted by molar-refractivity contribution is 0.0734. The van der Waals surface area contributed by atoms with Crippen molar-refractivity contribution in [3.8, 4) is 11.5 Å². The van der Waals surface area contributed by atoms with Gasteiger partial charge < -0.3 is 9.47 Å². The van der Waals surface area contributed by atoms with Gasteiger partial charge in [-0.3, -0.25) is 0 Å². The number of halogens is 2. The number of hydrogen-bond acceptors (Lipinski definition) is 4. The molecule has 0 aromatic heterocycles. The van der Waals surface area contributed by atoms with Gasteiger partial charge in [0.05, 0.1) is 11.1 Å². The largest absolute Gasteiger partial charge is 0.423 e. The zero-order valence-electron chi connectivity index (χ0n) is 13.3. The van der Waals surface area contributed by atoms with Gasteiger partial charge in [-0.15, -0.1) is 0 Å². The van der Waals surface area contributed by atoms with E-state index >= 15 is 0 Å². The van der Waals surface area contributed by atoms with Crippen molar-refractivity contribution in [3.63, 3.8) is 0 Å². The minimum Gasteiger partial charge on any atom is -0.423 e. The highest BCUT2D eigenvalue weighted by atomic mass is 79.9. The van der Waals surface area contributed by atoms with E-state index < -0.39 is 11.9 Å². The number of benzene rings is 3. The Labute approximate surface area is 167 Å². The summed E-state index contributed by atoms with van der Waals surface area (Å²) >= 11 is 6.64. The van der Waals surface area contributed by atoms with E-state index in [4.69, 9.17) is 9.47 Å². The maximum absolute atomic E-state index is 12.3. The molecule has 0 saturated carbocycles. The van der Waals surface area contributed by atoms with Crippen LogP contribution in [0.4, 0.5) is 0 Å². The van der Waals surface area contributed by atoms with Crippen molar-refractivity contribution in [1.29, 1.82) is 0 Å². The summed E-state index contributed by atoms with van der Waals surface area (Å²) < 4.78 is 12.4. The molecule has 0 aliphatic heterocycles. The summed E-state index contributed by atoms with van der Waals surface area (Å²) in [5, 5.41) is 0. The quantitative estimate of drug-likeness (QED) is 0.361. The fourth-order valence-electron chi connectivity index (χ4n) is 2.11. The molecule has 4 nitrogen and oxygen atoms in total. The lowest BCUT2D eigenvalue weighted by Crippen LogP contribution is -2.12. The highest BCUT2D eigenvalue weighted by molar-refractivity contribution is 9.10. The van der Waals surface area contributed by atoms with Gasteiger partial charge in [0.1, 0.15) is 11.5 Å². The molecule has 0 heterocycles. The Morgan fingerprint density at radius 1 is 0.615 bits per heavy atom. The lowest BCUT2D eigenvalue weighted by Gasteiger charge is -2.07. The SMILES string of the molecule is O=C(Oc1ccc(Br)cc1)c1cccc(C(=O)Oc2ccc(Br)cc2)c1. The first-order valence-electron chi connectivity index (χ1n) is 7.57. The Kier molecular flexibility index (Phi) is 5.85. The maximum Gasteiger partial charge on any atom is 0.343 e. The van der Waals surface area contributed by atoms with Gasteiger partial charge >= 0.3 is 11.9 Å². The van der Waals surface area contributed by atoms with E-state index in [1.54, 1.807) is 66.7 Å². The van der Waals surface area contributed by atoms with Crippen molar-refractivity contribution < 1.29 is 19.1 Å². The van der Waals surface area contributed by atoms with Crippen LogP contribution in [0.1, 0.15) is 20.7 Å². The molecule has 130 valence electrons. The average Bonchev–Trinajstić information content (AvgIpc) is 2.65. The Morgan fingerprint density at radius 2 is 1.00 bits per heavy atom. The third-order valence-corrected chi connectivity index (χ3v) is 4.44. The summed E-state index contributed by atoms with van der Waals surface area (Å²) in [7, 11) is 0. The molecule has 0 saturated heterocycles. The molecule has 3 aromatic carbocycles. The summed E-state index contributed by atoms with van der Waals surface area (Å²) in [5.41, 5.74) is 0.524. The van der Waals surface area contributed by atoms with Gasteiger partial charge in [-0.1, -0.05) is 37.9 Å². The zero-order valence-corrected chi connectivity index (χ0v) is 16.5. The molecule has 0 atom stereocenters. The molecule has 6 heteroatoms. The molecule has 0 aliphatic carbocycles. The number of rotatable bonds is 4. The van der Waals surface area contributed by atoms with Gasteiger partial charge in [-0.25, -0.2) is 9.59 Å². The molecule has 0 spiro atoms. The first-order chi connectivity index (χ1) is 12.5. The molecule has 0 amide bonds. The Balaban J connectivity index is 1.72. The summed E-state index contributed by atoms with van der Waals surface area (Å²) in [6.07, 6.45) is 0. The number of hydrogen-bond donors (Lipinski definition) is 0. The number of ether oxygens (including phenoxy) is 2. The van der Waals surface area contributed by atoms with Crippen LogP contribution in [-0.2, 0) is 0 Å². The van der Waals surface area contributed by atoms with Crippen LogP contribution < -0.4 is 9.47 Å². The van der Waals surface area contributed by atoms with Crippen LogP contribution in [0, 0.1) is 0 Å². The number of carbonyl (C=O) groups is 2. The van der Waals surface area contributed by atoms with E-state index in [9.17, 15) is 9.59 Å². The van der Waals surface area contributed by atoms with E-state index in [1.165, 1.54) is 6.07 Å². The van der Waals surface area contributed by atoms with Gasteiger partial charge in [-0.2, -0.15) is 0 Å². The van der Waals surface area contributed by atoms with Crippen molar-refractivity contribution in [3.05, 3.63) is 92.9 Å². The van der Waals surface area contributed by atoms with E-state index in [0.29, 0.717) is 11.5 Å². The summed E-state index contributed by atoms with van der Waals surface area (Å²) in [5.74, 6) is -0.265. The number of esters is 2. The van der Waals surface area contributed by atoms with Crippen molar-refractivity contribution >= 4 is 43.8 Å². The summed E-state index contributed by atoms with van der Waals surface area (Å²) in [6.45, 7) is 0. The first-order valence-corrected chi connectivity index (χ1v) is 9.15. The summed E-state index contributed by atoms with van der Waals surface area (Å²) in [4.78, 5) is 24.6. The third kappa shape index (κ3) is 4.80. The van der Waals surface area contributed by atoms with E-state index in [1.807, 2.05) is 0 Å². The monoisotopic (exact) mass is 474 g/mol. The smallest absolute Gasteiger partial charge is 0.343 e. The molecular weight excluding hydrogens is 464 g/mol. The Hall–Kier alpha value is -2.44. The van der Waals surface area contributed by atoms with Crippen molar-refractivity contribution in [2.45, 2.75) is 0 Å². The normalized spacial score (nSPS) is 10.2. The molecular formula is C20H12Br2O4. The topological polar surface area (TPSA) is 52.6 Å². The van der Waals surface area contributed by atoms with Crippen LogP contribution in [0.5, 0.6) is 11.5 Å². The van der Waals surface area contributed by atoms with Crippen LogP contribution >= 0.6 is 31.9 Å². The van der Waals surface area contributed by atoms with Gasteiger partial charge in [0.25, 0.3) is 0 Å². The second-order valence-corrected chi connectivity index (χ2v) is 7.10. The second-order valence-electron chi connectivity index (χ2n) is 5.27. The second kappa shape index (κ2) is 8.29. The minimum absolute atomic E-state index is 0.262. The highest BCUT2D eigenvalue weighted by Crippen LogP contribution is 2.19. The van der Waals surface area contributed by atoms with E-state index in [-0.39, 0.29) is 11.1 Å². The van der Waals surface area contributed by atoms with Crippen molar-refractivity contribution in [2.75, 3.05) is 0 Å². The Morgan fingerprint density at radius 3 is 1.38 bits per heavy atom. The van der Waals surface area contributed by atoms with Gasteiger partial charge in [0, 0.05) is 8.95 Å². The molecule has 0 radical (unpaired) electrons. The maximum atomic E-state index is 12.3. The highest BCUT2D eigenvalue weighted by Gasteiger charge is 2.14.